The lowest BCUT2D eigenvalue weighted by atomic mass is 9.94. The van der Waals surface area contributed by atoms with E-state index in [2.05, 4.69) is 10.6 Å². The van der Waals surface area contributed by atoms with E-state index in [4.69, 9.17) is 0 Å². The summed E-state index contributed by atoms with van der Waals surface area (Å²) < 4.78 is 0. The Kier molecular flexibility index (Phi) is 1.66. The minimum absolute atomic E-state index is 0.800. The molecule has 2 aliphatic carbocycles. The van der Waals surface area contributed by atoms with Crippen LogP contribution in [0.1, 0.15) is 25.7 Å². The number of hydrogen-bond acceptors (Lipinski definition) is 2. The second-order valence-electron chi connectivity index (χ2n) is 4.80. The van der Waals surface area contributed by atoms with E-state index < -0.39 is 0 Å². The van der Waals surface area contributed by atoms with Crippen molar-refractivity contribution < 1.29 is 0 Å². The highest BCUT2D eigenvalue weighted by molar-refractivity contribution is 4.97. The molecule has 0 aromatic rings. The molecule has 12 heavy (non-hydrogen) atoms. The van der Waals surface area contributed by atoms with Crippen molar-refractivity contribution in [2.75, 3.05) is 13.1 Å². The van der Waals surface area contributed by atoms with Gasteiger partial charge < -0.3 is 10.6 Å². The van der Waals surface area contributed by atoms with E-state index in [0.717, 1.165) is 23.9 Å². The van der Waals surface area contributed by atoms with Crippen molar-refractivity contribution in [2.24, 2.45) is 11.8 Å². The Bertz CT molecular complexity index is 177. The van der Waals surface area contributed by atoms with Crippen molar-refractivity contribution in [2.45, 2.75) is 37.8 Å². The molecule has 3 aliphatic rings. The van der Waals surface area contributed by atoms with E-state index in [1.54, 1.807) is 0 Å². The van der Waals surface area contributed by atoms with Gasteiger partial charge in [0, 0.05) is 25.2 Å². The molecule has 2 heteroatoms. The van der Waals surface area contributed by atoms with E-state index >= 15 is 0 Å². The summed E-state index contributed by atoms with van der Waals surface area (Å²) in [4.78, 5) is 0. The minimum Gasteiger partial charge on any atom is -0.314 e. The van der Waals surface area contributed by atoms with Crippen molar-refractivity contribution >= 4 is 0 Å². The van der Waals surface area contributed by atoms with Crippen LogP contribution in [0, 0.1) is 11.8 Å². The van der Waals surface area contributed by atoms with Gasteiger partial charge in [0.1, 0.15) is 0 Å². The smallest absolute Gasteiger partial charge is 0.0320 e. The molecular formula is C10H18N2. The first kappa shape index (κ1) is 7.34. The fourth-order valence-electron chi connectivity index (χ4n) is 3.16. The standard InChI is InChI=1S/C10H18N2/c1-2-8-3-7(1)4-10(8)12-9-5-11-6-9/h7-12H,1-6H2. The Morgan fingerprint density at radius 2 is 2.00 bits per heavy atom. The summed E-state index contributed by atoms with van der Waals surface area (Å²) >= 11 is 0. The average molecular weight is 166 g/mol. The third kappa shape index (κ3) is 1.09. The Labute approximate surface area is 74.1 Å². The molecule has 0 aromatic heterocycles. The van der Waals surface area contributed by atoms with Gasteiger partial charge in [-0.15, -0.1) is 0 Å². The molecule has 1 saturated heterocycles. The average Bonchev–Trinajstić information content (AvgIpc) is 2.56. The van der Waals surface area contributed by atoms with Gasteiger partial charge in [0.15, 0.2) is 0 Å². The molecule has 1 aliphatic heterocycles. The molecule has 0 aromatic carbocycles. The molecule has 0 radical (unpaired) electrons. The van der Waals surface area contributed by atoms with Crippen LogP contribution < -0.4 is 10.6 Å². The Morgan fingerprint density at radius 1 is 1.08 bits per heavy atom. The SMILES string of the molecule is C1CC2CC1CC2NC1CNC1. The van der Waals surface area contributed by atoms with Crippen molar-refractivity contribution in [1.82, 2.24) is 10.6 Å². The van der Waals surface area contributed by atoms with Gasteiger partial charge >= 0.3 is 0 Å². The van der Waals surface area contributed by atoms with Gasteiger partial charge in [-0.2, -0.15) is 0 Å². The van der Waals surface area contributed by atoms with E-state index in [1.165, 1.54) is 38.8 Å². The first-order valence-corrected chi connectivity index (χ1v) is 5.38. The van der Waals surface area contributed by atoms with Crippen LogP contribution in [0.15, 0.2) is 0 Å². The number of nitrogens with one attached hydrogen (secondary N) is 2. The van der Waals surface area contributed by atoms with Crippen LogP contribution in [-0.4, -0.2) is 25.2 Å². The van der Waals surface area contributed by atoms with Gasteiger partial charge in [-0.3, -0.25) is 0 Å². The van der Waals surface area contributed by atoms with Crippen molar-refractivity contribution in [3.05, 3.63) is 0 Å². The molecule has 3 rings (SSSR count). The molecule has 2 bridgehead atoms. The summed E-state index contributed by atoms with van der Waals surface area (Å²) in [5.74, 6) is 2.12. The maximum Gasteiger partial charge on any atom is 0.0320 e. The lowest BCUT2D eigenvalue weighted by molar-refractivity contribution is 0.271. The van der Waals surface area contributed by atoms with Crippen LogP contribution in [0.5, 0.6) is 0 Å². The summed E-state index contributed by atoms with van der Waals surface area (Å²) in [5.41, 5.74) is 0. The Balaban J connectivity index is 1.56. The predicted octanol–water partition coefficient (Wildman–Crippen LogP) is 0.736. The zero-order chi connectivity index (χ0) is 7.97. The van der Waals surface area contributed by atoms with Gasteiger partial charge in [-0.1, -0.05) is 6.42 Å². The van der Waals surface area contributed by atoms with Crippen molar-refractivity contribution in [3.63, 3.8) is 0 Å². The first-order valence-electron chi connectivity index (χ1n) is 5.38. The van der Waals surface area contributed by atoms with Crippen molar-refractivity contribution in [3.8, 4) is 0 Å². The summed E-state index contributed by atoms with van der Waals surface area (Å²) in [7, 11) is 0. The molecule has 2 nitrogen and oxygen atoms in total. The summed E-state index contributed by atoms with van der Waals surface area (Å²) in [5, 5.41) is 7.10. The predicted molar refractivity (Wildman–Crippen MR) is 49.0 cm³/mol. The van der Waals surface area contributed by atoms with Crippen LogP contribution in [0.25, 0.3) is 0 Å². The largest absolute Gasteiger partial charge is 0.314 e. The molecule has 3 unspecified atom stereocenters. The normalized spacial score (nSPS) is 46.5. The third-order valence-electron chi connectivity index (χ3n) is 3.97. The lowest BCUT2D eigenvalue weighted by Gasteiger charge is -2.34. The van der Waals surface area contributed by atoms with E-state index in [0.29, 0.717) is 0 Å². The molecule has 1 heterocycles. The van der Waals surface area contributed by atoms with Gasteiger partial charge in [0.2, 0.25) is 0 Å². The van der Waals surface area contributed by atoms with Crippen molar-refractivity contribution in [1.29, 1.82) is 0 Å². The second kappa shape index (κ2) is 2.71. The lowest BCUT2D eigenvalue weighted by Crippen LogP contribution is -2.58. The van der Waals surface area contributed by atoms with Crippen LogP contribution in [0.2, 0.25) is 0 Å². The molecule has 0 spiro atoms. The first-order chi connectivity index (χ1) is 5.92. The monoisotopic (exact) mass is 166 g/mol. The molecule has 3 fully saturated rings. The van der Waals surface area contributed by atoms with Crippen LogP contribution >= 0.6 is 0 Å². The maximum atomic E-state index is 3.78. The van der Waals surface area contributed by atoms with Gasteiger partial charge in [0.05, 0.1) is 0 Å². The fourth-order valence-corrected chi connectivity index (χ4v) is 3.16. The van der Waals surface area contributed by atoms with Crippen LogP contribution in [-0.2, 0) is 0 Å². The minimum atomic E-state index is 0.800. The highest BCUT2D eigenvalue weighted by atomic mass is 15.1. The topological polar surface area (TPSA) is 24.1 Å². The summed E-state index contributed by atoms with van der Waals surface area (Å²) in [6.07, 6.45) is 6.02. The van der Waals surface area contributed by atoms with Crippen LogP contribution in [0.3, 0.4) is 0 Å². The molecule has 3 atom stereocenters. The zero-order valence-electron chi connectivity index (χ0n) is 7.55. The quantitative estimate of drug-likeness (QED) is 0.632. The summed E-state index contributed by atoms with van der Waals surface area (Å²) in [6.45, 7) is 2.40. The number of rotatable bonds is 2. The third-order valence-corrected chi connectivity index (χ3v) is 3.97. The van der Waals surface area contributed by atoms with Gasteiger partial charge in [-0.05, 0) is 31.1 Å². The molecular weight excluding hydrogens is 148 g/mol. The highest BCUT2D eigenvalue weighted by Crippen LogP contribution is 2.44. The van der Waals surface area contributed by atoms with Gasteiger partial charge in [-0.25, -0.2) is 0 Å². The number of hydrogen-bond donors (Lipinski definition) is 2. The van der Waals surface area contributed by atoms with E-state index in [9.17, 15) is 0 Å². The van der Waals surface area contributed by atoms with E-state index in [-0.39, 0.29) is 0 Å². The summed E-state index contributed by atoms with van der Waals surface area (Å²) in [6, 6.07) is 1.69. The Hall–Kier alpha value is -0.0800. The molecule has 2 N–H and O–H groups in total. The molecule has 2 saturated carbocycles. The maximum absolute atomic E-state index is 3.78. The highest BCUT2D eigenvalue weighted by Gasteiger charge is 2.40. The van der Waals surface area contributed by atoms with E-state index in [1.807, 2.05) is 0 Å². The zero-order valence-corrected chi connectivity index (χ0v) is 7.55. The molecule has 0 amide bonds. The second-order valence-corrected chi connectivity index (χ2v) is 4.80. The van der Waals surface area contributed by atoms with Gasteiger partial charge in [0.25, 0.3) is 0 Å². The Morgan fingerprint density at radius 3 is 2.50 bits per heavy atom. The molecule has 68 valence electrons. The number of fused-ring (bicyclic) bond motifs is 2. The fraction of sp³-hybridized carbons (Fsp3) is 1.00. The van der Waals surface area contributed by atoms with Crippen LogP contribution in [0.4, 0.5) is 0 Å².